The Morgan fingerprint density at radius 3 is 2.00 bits per heavy atom. The summed E-state index contributed by atoms with van der Waals surface area (Å²) in [6, 6.07) is 0. The Bertz CT molecular complexity index is 160. The van der Waals surface area contributed by atoms with Crippen LogP contribution in [0.3, 0.4) is 0 Å². The van der Waals surface area contributed by atoms with Crippen molar-refractivity contribution in [2.45, 2.75) is 45.5 Å². The molecule has 72 valence electrons. The molecule has 0 bridgehead atoms. The van der Waals surface area contributed by atoms with Gasteiger partial charge >= 0.3 is 0 Å². The molecule has 0 heterocycles. The van der Waals surface area contributed by atoms with Crippen molar-refractivity contribution in [3.8, 4) is 0 Å². The van der Waals surface area contributed by atoms with Crippen LogP contribution in [0.5, 0.6) is 0 Å². The summed E-state index contributed by atoms with van der Waals surface area (Å²) in [6.45, 7) is 10.4. The molecule has 1 unspecified atom stereocenters. The highest BCUT2D eigenvalue weighted by atomic mass is 35.5. The fraction of sp³-hybridized carbons (Fsp3) is 0.889. The first-order valence-electron chi connectivity index (χ1n) is 4.26. The van der Waals surface area contributed by atoms with Gasteiger partial charge in [-0.15, -0.1) is 11.6 Å². The second kappa shape index (κ2) is 4.13. The van der Waals surface area contributed by atoms with Crippen LogP contribution in [-0.2, 0) is 4.79 Å². The number of nitrogens with zero attached hydrogens (tertiary/aromatic N) is 1. The zero-order valence-electron chi connectivity index (χ0n) is 8.52. The third-order valence-electron chi connectivity index (χ3n) is 1.73. The van der Waals surface area contributed by atoms with Gasteiger partial charge in [0.2, 0.25) is 5.91 Å². The van der Waals surface area contributed by atoms with Gasteiger partial charge in [-0.1, -0.05) is 0 Å². The van der Waals surface area contributed by atoms with E-state index in [2.05, 4.69) is 0 Å². The number of alkyl halides is 1. The van der Waals surface area contributed by atoms with E-state index in [0.717, 1.165) is 0 Å². The minimum absolute atomic E-state index is 0.00617. The Balaban J connectivity index is 4.47. The predicted molar refractivity (Wildman–Crippen MR) is 52.5 cm³/mol. The SMILES string of the molecule is CCN(C(=O)C(C)Cl)C(C)(C)C. The summed E-state index contributed by atoms with van der Waals surface area (Å²) in [5.41, 5.74) is -0.130. The van der Waals surface area contributed by atoms with Crippen molar-refractivity contribution in [3.63, 3.8) is 0 Å². The molecule has 0 saturated heterocycles. The second-order valence-electron chi connectivity index (χ2n) is 3.87. The average molecular weight is 192 g/mol. The lowest BCUT2D eigenvalue weighted by Crippen LogP contribution is -2.48. The Morgan fingerprint density at radius 1 is 1.50 bits per heavy atom. The van der Waals surface area contributed by atoms with Gasteiger partial charge < -0.3 is 4.90 Å². The summed E-state index contributed by atoms with van der Waals surface area (Å²) >= 11 is 5.72. The fourth-order valence-electron chi connectivity index (χ4n) is 1.18. The fourth-order valence-corrected chi connectivity index (χ4v) is 1.29. The number of hydrogen-bond acceptors (Lipinski definition) is 1. The standard InChI is InChI=1S/C9H18ClNO/c1-6-11(9(3,4)5)8(12)7(2)10/h7H,6H2,1-5H3. The minimum atomic E-state index is -0.427. The summed E-state index contributed by atoms with van der Waals surface area (Å²) < 4.78 is 0. The number of hydrogen-bond donors (Lipinski definition) is 0. The maximum Gasteiger partial charge on any atom is 0.240 e. The molecule has 12 heavy (non-hydrogen) atoms. The van der Waals surface area contributed by atoms with E-state index in [0.29, 0.717) is 6.54 Å². The highest BCUT2D eigenvalue weighted by Gasteiger charge is 2.26. The van der Waals surface area contributed by atoms with E-state index in [-0.39, 0.29) is 11.4 Å². The highest BCUT2D eigenvalue weighted by Crippen LogP contribution is 2.15. The number of rotatable bonds is 2. The molecule has 0 fully saturated rings. The van der Waals surface area contributed by atoms with Crippen LogP contribution in [0.1, 0.15) is 34.6 Å². The first-order valence-corrected chi connectivity index (χ1v) is 4.70. The summed E-state index contributed by atoms with van der Waals surface area (Å²) in [5, 5.41) is -0.427. The van der Waals surface area contributed by atoms with Crippen molar-refractivity contribution in [2.24, 2.45) is 0 Å². The van der Waals surface area contributed by atoms with E-state index in [9.17, 15) is 4.79 Å². The molecular formula is C9H18ClNO. The Labute approximate surface area is 79.9 Å². The van der Waals surface area contributed by atoms with Crippen LogP contribution in [0, 0.1) is 0 Å². The maximum atomic E-state index is 11.5. The molecule has 0 aromatic carbocycles. The van der Waals surface area contributed by atoms with Crippen LogP contribution in [0.2, 0.25) is 0 Å². The third kappa shape index (κ3) is 3.02. The third-order valence-corrected chi connectivity index (χ3v) is 1.92. The second-order valence-corrected chi connectivity index (χ2v) is 4.52. The van der Waals surface area contributed by atoms with E-state index in [4.69, 9.17) is 11.6 Å². The summed E-state index contributed by atoms with van der Waals surface area (Å²) in [7, 11) is 0. The van der Waals surface area contributed by atoms with Crippen LogP contribution in [-0.4, -0.2) is 28.3 Å². The molecule has 0 rings (SSSR count). The minimum Gasteiger partial charge on any atom is -0.337 e. The van der Waals surface area contributed by atoms with E-state index < -0.39 is 5.38 Å². The van der Waals surface area contributed by atoms with Crippen LogP contribution in [0.15, 0.2) is 0 Å². The van der Waals surface area contributed by atoms with Gasteiger partial charge in [-0.3, -0.25) is 4.79 Å². The van der Waals surface area contributed by atoms with Gasteiger partial charge in [0.1, 0.15) is 5.38 Å². The Hall–Kier alpha value is -0.240. The molecule has 0 aliphatic rings. The lowest BCUT2D eigenvalue weighted by molar-refractivity contribution is -0.134. The molecule has 0 aromatic heterocycles. The summed E-state index contributed by atoms with van der Waals surface area (Å²) in [4.78, 5) is 13.3. The molecule has 0 aromatic rings. The van der Waals surface area contributed by atoms with Crippen molar-refractivity contribution in [2.75, 3.05) is 6.54 Å². The first kappa shape index (κ1) is 11.8. The molecule has 0 spiro atoms. The van der Waals surface area contributed by atoms with Gasteiger partial charge in [0.05, 0.1) is 0 Å². The Kier molecular flexibility index (Phi) is 4.04. The molecule has 0 N–H and O–H groups in total. The molecule has 2 nitrogen and oxygen atoms in total. The highest BCUT2D eigenvalue weighted by molar-refractivity contribution is 6.30. The average Bonchev–Trinajstić information content (AvgIpc) is 1.85. The monoisotopic (exact) mass is 191 g/mol. The molecule has 0 saturated carbocycles. The van der Waals surface area contributed by atoms with Gasteiger partial charge in [0.25, 0.3) is 0 Å². The molecule has 0 aliphatic carbocycles. The van der Waals surface area contributed by atoms with Crippen LogP contribution in [0.25, 0.3) is 0 Å². The van der Waals surface area contributed by atoms with Gasteiger partial charge in [0, 0.05) is 12.1 Å². The summed E-state index contributed by atoms with van der Waals surface area (Å²) in [6.07, 6.45) is 0. The molecular weight excluding hydrogens is 174 g/mol. The topological polar surface area (TPSA) is 20.3 Å². The summed E-state index contributed by atoms with van der Waals surface area (Å²) in [5.74, 6) is 0.00617. The van der Waals surface area contributed by atoms with Crippen LogP contribution in [0.4, 0.5) is 0 Å². The number of halogens is 1. The Morgan fingerprint density at radius 2 is 1.92 bits per heavy atom. The van der Waals surface area contributed by atoms with Gasteiger partial charge in [0.15, 0.2) is 0 Å². The predicted octanol–water partition coefficient (Wildman–Crippen LogP) is 2.26. The number of amides is 1. The van der Waals surface area contributed by atoms with E-state index >= 15 is 0 Å². The van der Waals surface area contributed by atoms with Crippen molar-refractivity contribution < 1.29 is 4.79 Å². The molecule has 1 atom stereocenters. The molecule has 1 amide bonds. The lowest BCUT2D eigenvalue weighted by Gasteiger charge is -2.35. The number of carbonyl (C=O) groups is 1. The van der Waals surface area contributed by atoms with Crippen LogP contribution >= 0.6 is 11.6 Å². The van der Waals surface area contributed by atoms with E-state index in [1.807, 2.05) is 27.7 Å². The van der Waals surface area contributed by atoms with Crippen molar-refractivity contribution in [1.82, 2.24) is 4.90 Å². The molecule has 0 radical (unpaired) electrons. The van der Waals surface area contributed by atoms with Crippen molar-refractivity contribution in [3.05, 3.63) is 0 Å². The van der Waals surface area contributed by atoms with Gasteiger partial charge in [-0.2, -0.15) is 0 Å². The lowest BCUT2D eigenvalue weighted by atomic mass is 10.1. The van der Waals surface area contributed by atoms with Gasteiger partial charge in [-0.05, 0) is 34.6 Å². The van der Waals surface area contributed by atoms with Gasteiger partial charge in [-0.25, -0.2) is 0 Å². The maximum absolute atomic E-state index is 11.5. The zero-order chi connectivity index (χ0) is 9.94. The normalized spacial score (nSPS) is 14.2. The van der Waals surface area contributed by atoms with Crippen LogP contribution < -0.4 is 0 Å². The zero-order valence-corrected chi connectivity index (χ0v) is 9.27. The smallest absolute Gasteiger partial charge is 0.240 e. The molecule has 3 heteroatoms. The quantitative estimate of drug-likeness (QED) is 0.614. The van der Waals surface area contributed by atoms with Crippen molar-refractivity contribution >= 4 is 17.5 Å². The van der Waals surface area contributed by atoms with E-state index in [1.54, 1.807) is 11.8 Å². The number of carbonyl (C=O) groups excluding carboxylic acids is 1. The van der Waals surface area contributed by atoms with E-state index in [1.165, 1.54) is 0 Å². The van der Waals surface area contributed by atoms with Crippen molar-refractivity contribution in [1.29, 1.82) is 0 Å². The largest absolute Gasteiger partial charge is 0.337 e. The first-order chi connectivity index (χ1) is 5.30. The molecule has 0 aliphatic heterocycles.